The van der Waals surface area contributed by atoms with Gasteiger partial charge in [-0.1, -0.05) is 12.5 Å². The number of hydrogen-bond acceptors (Lipinski definition) is 4. The Morgan fingerprint density at radius 1 is 1.26 bits per heavy atom. The number of ether oxygens (including phenoxy) is 1. The largest absolute Gasteiger partial charge is 0.443 e. The zero-order chi connectivity index (χ0) is 12.7. The third kappa shape index (κ3) is 1.70. The summed E-state index contributed by atoms with van der Waals surface area (Å²) in [5, 5.41) is 3.68. The van der Waals surface area contributed by atoms with Gasteiger partial charge >= 0.3 is 0 Å². The van der Waals surface area contributed by atoms with Crippen LogP contribution in [0.4, 0.5) is 0 Å². The highest BCUT2D eigenvalue weighted by atomic mass is 16.5. The third-order valence-electron chi connectivity index (χ3n) is 4.60. The molecule has 3 heterocycles. The molecule has 1 aromatic carbocycles. The number of oxazole rings is 1. The van der Waals surface area contributed by atoms with E-state index in [1.54, 1.807) is 0 Å². The number of nitrogens with one attached hydrogen (secondary N) is 1. The fourth-order valence-electron chi connectivity index (χ4n) is 3.38. The van der Waals surface area contributed by atoms with Crippen LogP contribution in [0.5, 0.6) is 0 Å². The van der Waals surface area contributed by atoms with Gasteiger partial charge in [0.15, 0.2) is 12.0 Å². The van der Waals surface area contributed by atoms with Crippen molar-refractivity contribution in [2.75, 3.05) is 19.8 Å². The van der Waals surface area contributed by atoms with Gasteiger partial charge in [0.2, 0.25) is 0 Å². The number of fused-ring (bicyclic) bond motifs is 1. The Morgan fingerprint density at radius 3 is 2.95 bits per heavy atom. The van der Waals surface area contributed by atoms with Crippen molar-refractivity contribution in [3.05, 3.63) is 30.2 Å². The summed E-state index contributed by atoms with van der Waals surface area (Å²) < 4.78 is 11.0. The molecule has 2 saturated heterocycles. The van der Waals surface area contributed by atoms with E-state index in [2.05, 4.69) is 28.5 Å². The third-order valence-corrected chi connectivity index (χ3v) is 4.60. The maximum absolute atomic E-state index is 5.55. The van der Waals surface area contributed by atoms with Crippen molar-refractivity contribution in [1.29, 1.82) is 0 Å². The Morgan fingerprint density at radius 2 is 2.21 bits per heavy atom. The van der Waals surface area contributed by atoms with Crippen molar-refractivity contribution in [3.63, 3.8) is 0 Å². The minimum Gasteiger partial charge on any atom is -0.443 e. The van der Waals surface area contributed by atoms with E-state index in [0.717, 1.165) is 30.9 Å². The highest BCUT2D eigenvalue weighted by Crippen LogP contribution is 2.39. The lowest BCUT2D eigenvalue weighted by atomic mass is 9.70. The van der Waals surface area contributed by atoms with Crippen LogP contribution in [0.3, 0.4) is 0 Å². The molecule has 0 bridgehead atoms. The molecule has 1 N–H and O–H groups in total. The first-order valence-corrected chi connectivity index (χ1v) is 7.03. The van der Waals surface area contributed by atoms with Crippen LogP contribution in [0.1, 0.15) is 24.8 Å². The predicted octanol–water partition coefficient (Wildman–Crippen LogP) is 2.24. The average Bonchev–Trinajstić information content (AvgIpc) is 2.86. The van der Waals surface area contributed by atoms with Gasteiger partial charge in [0.05, 0.1) is 18.6 Å². The molecule has 4 nitrogen and oxygen atoms in total. The summed E-state index contributed by atoms with van der Waals surface area (Å²) in [5.41, 5.74) is 3.25. The average molecular weight is 258 g/mol. The smallest absolute Gasteiger partial charge is 0.181 e. The molecule has 2 aromatic rings. The van der Waals surface area contributed by atoms with Crippen molar-refractivity contribution in [1.82, 2.24) is 10.3 Å². The fraction of sp³-hybridized carbons (Fsp3) is 0.533. The van der Waals surface area contributed by atoms with Crippen LogP contribution in [-0.4, -0.2) is 30.8 Å². The molecule has 19 heavy (non-hydrogen) atoms. The van der Waals surface area contributed by atoms with Crippen molar-refractivity contribution in [3.8, 4) is 0 Å². The van der Waals surface area contributed by atoms with Crippen LogP contribution in [0.2, 0.25) is 0 Å². The highest BCUT2D eigenvalue weighted by molar-refractivity contribution is 5.73. The van der Waals surface area contributed by atoms with Crippen LogP contribution in [0.25, 0.3) is 11.1 Å². The van der Waals surface area contributed by atoms with Gasteiger partial charge < -0.3 is 14.5 Å². The van der Waals surface area contributed by atoms with E-state index in [1.165, 1.54) is 31.2 Å². The Hall–Kier alpha value is -1.39. The molecule has 0 aliphatic carbocycles. The van der Waals surface area contributed by atoms with Crippen LogP contribution in [0.15, 0.2) is 29.0 Å². The van der Waals surface area contributed by atoms with Crippen molar-refractivity contribution < 1.29 is 9.15 Å². The highest BCUT2D eigenvalue weighted by Gasteiger charge is 2.47. The van der Waals surface area contributed by atoms with Gasteiger partial charge in [-0.25, -0.2) is 4.98 Å². The molecule has 4 heteroatoms. The van der Waals surface area contributed by atoms with Crippen LogP contribution >= 0.6 is 0 Å². The molecule has 1 unspecified atom stereocenters. The van der Waals surface area contributed by atoms with Crippen molar-refractivity contribution >= 4 is 11.1 Å². The standard InChI is InChI=1S/C15H18N2O2/c1-2-6-16-14(3-1)15(8-18-9-15)11-4-5-12-13(7-11)19-10-17-12/h4-5,7,10,14,16H,1-3,6,8-9H2. The van der Waals surface area contributed by atoms with Gasteiger partial charge in [-0.05, 0) is 37.1 Å². The van der Waals surface area contributed by atoms with Crippen LogP contribution in [-0.2, 0) is 10.2 Å². The molecular formula is C15H18N2O2. The van der Waals surface area contributed by atoms with Gasteiger partial charge in [-0.3, -0.25) is 0 Å². The quantitative estimate of drug-likeness (QED) is 0.897. The number of nitrogens with zero attached hydrogens (tertiary/aromatic N) is 1. The zero-order valence-corrected chi connectivity index (χ0v) is 10.9. The van der Waals surface area contributed by atoms with Crippen LogP contribution < -0.4 is 5.32 Å². The fourth-order valence-corrected chi connectivity index (χ4v) is 3.38. The second kappa shape index (κ2) is 4.32. The molecule has 2 aliphatic heterocycles. The summed E-state index contributed by atoms with van der Waals surface area (Å²) in [6.45, 7) is 2.74. The maximum atomic E-state index is 5.55. The van der Waals surface area contributed by atoms with Gasteiger partial charge in [0, 0.05) is 6.04 Å². The van der Waals surface area contributed by atoms with E-state index in [1.807, 2.05) is 0 Å². The van der Waals surface area contributed by atoms with E-state index in [0.29, 0.717) is 6.04 Å². The molecule has 0 saturated carbocycles. The number of rotatable bonds is 2. The Balaban J connectivity index is 1.74. The molecule has 2 fully saturated rings. The monoisotopic (exact) mass is 258 g/mol. The van der Waals surface area contributed by atoms with Crippen molar-refractivity contribution in [2.24, 2.45) is 0 Å². The lowest BCUT2D eigenvalue weighted by molar-refractivity contribution is -0.0826. The summed E-state index contributed by atoms with van der Waals surface area (Å²) in [5.74, 6) is 0. The Labute approximate surface area is 112 Å². The van der Waals surface area contributed by atoms with Gasteiger partial charge in [-0.2, -0.15) is 0 Å². The lowest BCUT2D eigenvalue weighted by Crippen LogP contribution is -2.61. The molecule has 0 spiro atoms. The topological polar surface area (TPSA) is 47.3 Å². The molecule has 1 atom stereocenters. The Bertz CT molecular complexity index is 583. The normalized spacial score (nSPS) is 26.2. The van der Waals surface area contributed by atoms with E-state index in [4.69, 9.17) is 9.15 Å². The second-order valence-corrected chi connectivity index (χ2v) is 5.69. The number of hydrogen-bond donors (Lipinski definition) is 1. The summed E-state index contributed by atoms with van der Waals surface area (Å²) >= 11 is 0. The first kappa shape index (κ1) is 11.4. The SMILES string of the molecule is c1nc2ccc(C3(C4CCCCN4)COC3)cc2o1. The molecule has 4 rings (SSSR count). The zero-order valence-electron chi connectivity index (χ0n) is 10.9. The molecule has 0 radical (unpaired) electrons. The molecule has 2 aliphatic rings. The number of piperidine rings is 1. The van der Waals surface area contributed by atoms with Gasteiger partial charge in [0.25, 0.3) is 0 Å². The lowest BCUT2D eigenvalue weighted by Gasteiger charge is -2.49. The van der Waals surface area contributed by atoms with E-state index < -0.39 is 0 Å². The van der Waals surface area contributed by atoms with Crippen molar-refractivity contribution in [2.45, 2.75) is 30.7 Å². The van der Waals surface area contributed by atoms with Crippen LogP contribution in [0, 0.1) is 0 Å². The number of benzene rings is 1. The van der Waals surface area contributed by atoms with Gasteiger partial charge in [-0.15, -0.1) is 0 Å². The second-order valence-electron chi connectivity index (χ2n) is 5.69. The minimum absolute atomic E-state index is 0.126. The van der Waals surface area contributed by atoms with Gasteiger partial charge in [0.1, 0.15) is 5.52 Å². The first-order chi connectivity index (χ1) is 9.38. The molecule has 1 aromatic heterocycles. The summed E-state index contributed by atoms with van der Waals surface area (Å²) in [6.07, 6.45) is 5.34. The predicted molar refractivity (Wildman–Crippen MR) is 72.1 cm³/mol. The summed E-state index contributed by atoms with van der Waals surface area (Å²) in [6, 6.07) is 6.90. The maximum Gasteiger partial charge on any atom is 0.181 e. The van der Waals surface area contributed by atoms with E-state index in [-0.39, 0.29) is 5.41 Å². The molecular weight excluding hydrogens is 240 g/mol. The Kier molecular flexibility index (Phi) is 2.60. The number of aromatic nitrogens is 1. The van der Waals surface area contributed by atoms with E-state index in [9.17, 15) is 0 Å². The van der Waals surface area contributed by atoms with E-state index >= 15 is 0 Å². The molecule has 100 valence electrons. The summed E-state index contributed by atoms with van der Waals surface area (Å²) in [4.78, 5) is 4.18. The summed E-state index contributed by atoms with van der Waals surface area (Å²) in [7, 11) is 0. The minimum atomic E-state index is 0.126. The first-order valence-electron chi connectivity index (χ1n) is 7.03. The molecule has 0 amide bonds.